The summed E-state index contributed by atoms with van der Waals surface area (Å²) >= 11 is 0. The second kappa shape index (κ2) is 53.0. The molecule has 6 nitrogen and oxygen atoms in total. The Morgan fingerprint density at radius 3 is 0.906 bits per heavy atom. The van der Waals surface area contributed by atoms with E-state index in [1.807, 2.05) is 0 Å². The van der Waals surface area contributed by atoms with Crippen molar-refractivity contribution in [3.8, 4) is 0 Å². The molecule has 0 aromatic rings. The van der Waals surface area contributed by atoms with Gasteiger partial charge in [0.05, 0.1) is 0 Å². The quantitative estimate of drug-likeness (QED) is 0.0262. The molecule has 0 spiro atoms. The van der Waals surface area contributed by atoms with Crippen molar-refractivity contribution in [2.24, 2.45) is 0 Å². The first-order chi connectivity index (χ1) is 31.5. The highest BCUT2D eigenvalue weighted by atomic mass is 16.6. The summed E-state index contributed by atoms with van der Waals surface area (Å²) in [5, 5.41) is 0. The molecule has 1 atom stereocenters. The van der Waals surface area contributed by atoms with Gasteiger partial charge in [0.1, 0.15) is 13.2 Å². The molecule has 64 heavy (non-hydrogen) atoms. The molecule has 0 aromatic carbocycles. The third-order valence-electron chi connectivity index (χ3n) is 12.2. The van der Waals surface area contributed by atoms with Crippen molar-refractivity contribution in [2.75, 3.05) is 13.2 Å². The van der Waals surface area contributed by atoms with Crippen LogP contribution in [0.3, 0.4) is 0 Å². The summed E-state index contributed by atoms with van der Waals surface area (Å²) in [5.41, 5.74) is 0. The van der Waals surface area contributed by atoms with E-state index in [2.05, 4.69) is 69.4 Å². The number of carbonyl (C=O) groups is 3. The molecular formula is C58H104O6. The number of allylic oxidation sites excluding steroid dienone is 8. The van der Waals surface area contributed by atoms with Crippen LogP contribution in [0.25, 0.3) is 0 Å². The molecule has 0 aliphatic carbocycles. The first-order valence-corrected chi connectivity index (χ1v) is 27.7. The predicted molar refractivity (Wildman–Crippen MR) is 275 cm³/mol. The molecule has 6 heteroatoms. The minimum atomic E-state index is -0.778. The lowest BCUT2D eigenvalue weighted by molar-refractivity contribution is -0.167. The van der Waals surface area contributed by atoms with Gasteiger partial charge in [-0.3, -0.25) is 14.4 Å². The number of hydrogen-bond acceptors (Lipinski definition) is 6. The fourth-order valence-corrected chi connectivity index (χ4v) is 7.99. The van der Waals surface area contributed by atoms with Gasteiger partial charge in [0, 0.05) is 19.3 Å². The Kier molecular flexibility index (Phi) is 50.8. The summed E-state index contributed by atoms with van der Waals surface area (Å²) in [7, 11) is 0. The average Bonchev–Trinajstić information content (AvgIpc) is 3.29. The average molecular weight is 897 g/mol. The highest BCUT2D eigenvalue weighted by Gasteiger charge is 2.19. The number of carbonyl (C=O) groups excluding carboxylic acids is 3. The minimum Gasteiger partial charge on any atom is -0.462 e. The second-order valence-corrected chi connectivity index (χ2v) is 18.6. The van der Waals surface area contributed by atoms with Crippen molar-refractivity contribution in [2.45, 2.75) is 290 Å². The van der Waals surface area contributed by atoms with Crippen LogP contribution < -0.4 is 0 Å². The van der Waals surface area contributed by atoms with Gasteiger partial charge >= 0.3 is 17.9 Å². The summed E-state index contributed by atoms with van der Waals surface area (Å²) in [6.07, 6.45) is 63.7. The maximum atomic E-state index is 12.8. The molecule has 372 valence electrons. The summed E-state index contributed by atoms with van der Waals surface area (Å²) in [4.78, 5) is 38.1. The van der Waals surface area contributed by atoms with Crippen molar-refractivity contribution in [3.63, 3.8) is 0 Å². The van der Waals surface area contributed by atoms with Gasteiger partial charge in [-0.25, -0.2) is 0 Å². The fourth-order valence-electron chi connectivity index (χ4n) is 7.99. The van der Waals surface area contributed by atoms with Crippen LogP contribution in [0.15, 0.2) is 48.6 Å². The van der Waals surface area contributed by atoms with Crippen molar-refractivity contribution in [1.82, 2.24) is 0 Å². The molecule has 0 bridgehead atoms. The Bertz CT molecular complexity index is 1120. The molecule has 0 saturated heterocycles. The van der Waals surface area contributed by atoms with E-state index in [0.717, 1.165) is 83.5 Å². The molecular weight excluding hydrogens is 793 g/mol. The van der Waals surface area contributed by atoms with E-state index in [0.29, 0.717) is 19.3 Å². The maximum absolute atomic E-state index is 12.8. The molecule has 0 aliphatic rings. The number of hydrogen-bond donors (Lipinski definition) is 0. The number of esters is 3. The summed E-state index contributed by atoms with van der Waals surface area (Å²) in [6, 6.07) is 0. The third kappa shape index (κ3) is 50.4. The van der Waals surface area contributed by atoms with Crippen molar-refractivity contribution in [1.29, 1.82) is 0 Å². The zero-order valence-corrected chi connectivity index (χ0v) is 42.6. The van der Waals surface area contributed by atoms with Crippen molar-refractivity contribution in [3.05, 3.63) is 48.6 Å². The lowest BCUT2D eigenvalue weighted by atomic mass is 10.0. The Morgan fingerprint density at radius 2 is 0.562 bits per heavy atom. The largest absolute Gasteiger partial charge is 0.462 e. The van der Waals surface area contributed by atoms with Gasteiger partial charge in [0.2, 0.25) is 0 Å². The van der Waals surface area contributed by atoms with Crippen LogP contribution in [0.4, 0.5) is 0 Å². The van der Waals surface area contributed by atoms with Crippen LogP contribution in [-0.2, 0) is 28.6 Å². The molecule has 0 aromatic heterocycles. The predicted octanol–water partition coefficient (Wildman–Crippen LogP) is 18.3. The normalized spacial score (nSPS) is 12.4. The molecule has 0 fully saturated rings. The number of unbranched alkanes of at least 4 members (excludes halogenated alkanes) is 34. The minimum absolute atomic E-state index is 0.0767. The van der Waals surface area contributed by atoms with E-state index in [9.17, 15) is 14.4 Å². The highest BCUT2D eigenvalue weighted by Crippen LogP contribution is 2.16. The first-order valence-electron chi connectivity index (χ1n) is 27.7. The Balaban J connectivity index is 4.39. The van der Waals surface area contributed by atoms with Crippen LogP contribution in [0.2, 0.25) is 0 Å². The van der Waals surface area contributed by atoms with Gasteiger partial charge < -0.3 is 14.2 Å². The molecule has 0 aliphatic heterocycles. The Labute approximate surface area is 397 Å². The first kappa shape index (κ1) is 61.4. The van der Waals surface area contributed by atoms with Crippen LogP contribution in [0.5, 0.6) is 0 Å². The van der Waals surface area contributed by atoms with E-state index in [1.54, 1.807) is 0 Å². The molecule has 0 N–H and O–H groups in total. The Morgan fingerprint density at radius 1 is 0.312 bits per heavy atom. The maximum Gasteiger partial charge on any atom is 0.306 e. The zero-order valence-electron chi connectivity index (χ0n) is 42.6. The standard InChI is InChI=1S/C58H104O6/c1-4-7-10-13-16-19-22-25-28-29-30-31-34-36-39-42-45-48-51-57(60)63-54-55(64-58(61)52-49-46-43-40-37-33-27-24-21-18-15-12-9-6-3)53-62-56(59)50-47-44-41-38-35-32-26-23-20-17-14-11-8-5-2/h16,19,22,25,28-31,55H,4-15,17-18,20-21,23-24,26-27,32-54H2,1-3H3/b19-16-,25-22-,29-28-,31-30-. The van der Waals surface area contributed by atoms with E-state index in [1.165, 1.54) is 161 Å². The van der Waals surface area contributed by atoms with Gasteiger partial charge in [-0.1, -0.05) is 268 Å². The van der Waals surface area contributed by atoms with Gasteiger partial charge in [-0.2, -0.15) is 0 Å². The van der Waals surface area contributed by atoms with Gasteiger partial charge in [0.25, 0.3) is 0 Å². The summed E-state index contributed by atoms with van der Waals surface area (Å²) in [5.74, 6) is -0.886. The van der Waals surface area contributed by atoms with Crippen LogP contribution in [0.1, 0.15) is 284 Å². The van der Waals surface area contributed by atoms with Crippen LogP contribution >= 0.6 is 0 Å². The molecule has 0 heterocycles. The van der Waals surface area contributed by atoms with Gasteiger partial charge in [-0.05, 0) is 44.9 Å². The molecule has 0 rings (SSSR count). The van der Waals surface area contributed by atoms with Gasteiger partial charge in [-0.15, -0.1) is 0 Å². The molecule has 1 unspecified atom stereocenters. The van der Waals surface area contributed by atoms with Crippen molar-refractivity contribution >= 4 is 17.9 Å². The summed E-state index contributed by atoms with van der Waals surface area (Å²) in [6.45, 7) is 6.61. The fraction of sp³-hybridized carbons (Fsp3) is 0.810. The third-order valence-corrected chi connectivity index (χ3v) is 12.2. The monoisotopic (exact) mass is 897 g/mol. The van der Waals surface area contributed by atoms with Crippen LogP contribution in [0, 0.1) is 0 Å². The zero-order chi connectivity index (χ0) is 46.5. The van der Waals surface area contributed by atoms with E-state index >= 15 is 0 Å². The lowest BCUT2D eigenvalue weighted by Gasteiger charge is -2.18. The smallest absolute Gasteiger partial charge is 0.306 e. The molecule has 0 amide bonds. The highest BCUT2D eigenvalue weighted by molar-refractivity contribution is 5.71. The number of ether oxygens (including phenoxy) is 3. The second-order valence-electron chi connectivity index (χ2n) is 18.6. The number of rotatable bonds is 50. The topological polar surface area (TPSA) is 78.9 Å². The van der Waals surface area contributed by atoms with E-state index < -0.39 is 6.10 Å². The Hall–Kier alpha value is -2.63. The van der Waals surface area contributed by atoms with E-state index in [4.69, 9.17) is 14.2 Å². The summed E-state index contributed by atoms with van der Waals surface area (Å²) < 4.78 is 16.8. The molecule has 0 radical (unpaired) electrons. The van der Waals surface area contributed by atoms with Crippen LogP contribution in [-0.4, -0.2) is 37.2 Å². The van der Waals surface area contributed by atoms with Gasteiger partial charge in [0.15, 0.2) is 6.10 Å². The molecule has 0 saturated carbocycles. The SMILES string of the molecule is CCCCC\C=C/C=C\C=C/C=C\CCCCCCCC(=O)OCC(COC(=O)CCCCCCCCCCCCCCCC)OC(=O)CCCCCCCCCCCCCCCC. The van der Waals surface area contributed by atoms with Crippen molar-refractivity contribution < 1.29 is 28.6 Å². The lowest BCUT2D eigenvalue weighted by Crippen LogP contribution is -2.30. The van der Waals surface area contributed by atoms with E-state index in [-0.39, 0.29) is 31.1 Å².